The van der Waals surface area contributed by atoms with E-state index >= 15 is 0 Å². The lowest BCUT2D eigenvalue weighted by Crippen LogP contribution is -2.13. The number of hydrogen-bond donors (Lipinski definition) is 2. The summed E-state index contributed by atoms with van der Waals surface area (Å²) < 4.78 is 5.82. The Hall–Kier alpha value is -4.19. The number of carbonyl (C=O) groups is 2. The van der Waals surface area contributed by atoms with Crippen molar-refractivity contribution in [1.29, 1.82) is 0 Å². The van der Waals surface area contributed by atoms with Gasteiger partial charge in [-0.15, -0.1) is 0 Å². The van der Waals surface area contributed by atoms with E-state index < -0.39 is 0 Å². The van der Waals surface area contributed by atoms with Gasteiger partial charge in [-0.05, 0) is 56.3 Å². The number of amides is 2. The van der Waals surface area contributed by atoms with E-state index in [1.165, 1.54) is 6.92 Å². The molecular formula is C27H25N3O3. The molecule has 0 saturated heterocycles. The van der Waals surface area contributed by atoms with E-state index in [4.69, 9.17) is 9.72 Å². The van der Waals surface area contributed by atoms with Crippen LogP contribution in [0.2, 0.25) is 0 Å². The van der Waals surface area contributed by atoms with Crippen LogP contribution in [0.3, 0.4) is 0 Å². The fraction of sp³-hybridized carbons (Fsp3) is 0.148. The van der Waals surface area contributed by atoms with Crippen LogP contribution in [-0.2, 0) is 4.79 Å². The summed E-state index contributed by atoms with van der Waals surface area (Å²) in [6.45, 7) is 5.39. The maximum Gasteiger partial charge on any atom is 0.256 e. The maximum absolute atomic E-state index is 13.3. The molecule has 1 heterocycles. The molecule has 3 aromatic carbocycles. The topological polar surface area (TPSA) is 80.3 Å². The van der Waals surface area contributed by atoms with Crippen LogP contribution in [0.4, 0.5) is 11.4 Å². The second-order valence-electron chi connectivity index (χ2n) is 7.98. The largest absolute Gasteiger partial charge is 0.491 e. The lowest BCUT2D eigenvalue weighted by molar-refractivity contribution is -0.114. The highest BCUT2D eigenvalue weighted by Gasteiger charge is 2.15. The van der Waals surface area contributed by atoms with E-state index in [-0.39, 0.29) is 17.9 Å². The van der Waals surface area contributed by atoms with Gasteiger partial charge in [-0.1, -0.05) is 36.4 Å². The zero-order chi connectivity index (χ0) is 23.4. The molecule has 1 aromatic heterocycles. The number of benzene rings is 3. The van der Waals surface area contributed by atoms with Crippen molar-refractivity contribution in [3.63, 3.8) is 0 Å². The zero-order valence-electron chi connectivity index (χ0n) is 18.8. The highest BCUT2D eigenvalue weighted by molar-refractivity contribution is 6.13. The van der Waals surface area contributed by atoms with Crippen molar-refractivity contribution in [2.75, 3.05) is 10.6 Å². The molecule has 2 amide bonds. The fourth-order valence-electron chi connectivity index (χ4n) is 3.59. The van der Waals surface area contributed by atoms with Gasteiger partial charge < -0.3 is 15.4 Å². The number of pyridine rings is 1. The molecule has 33 heavy (non-hydrogen) atoms. The van der Waals surface area contributed by atoms with E-state index in [2.05, 4.69) is 10.6 Å². The minimum atomic E-state index is -0.260. The molecule has 0 fully saturated rings. The number of nitrogens with one attached hydrogen (secondary N) is 2. The summed E-state index contributed by atoms with van der Waals surface area (Å²) in [5.41, 5.74) is 3.97. The summed E-state index contributed by atoms with van der Waals surface area (Å²) >= 11 is 0. The number of anilines is 2. The molecular weight excluding hydrogens is 414 g/mol. The van der Waals surface area contributed by atoms with Gasteiger partial charge in [0.25, 0.3) is 5.91 Å². The molecule has 4 rings (SSSR count). The van der Waals surface area contributed by atoms with Crippen LogP contribution in [0.25, 0.3) is 22.2 Å². The average molecular weight is 440 g/mol. The molecule has 0 unspecified atom stereocenters. The minimum absolute atomic E-state index is 0.0550. The van der Waals surface area contributed by atoms with Crippen molar-refractivity contribution in [2.24, 2.45) is 0 Å². The lowest BCUT2D eigenvalue weighted by Gasteiger charge is -2.13. The highest BCUT2D eigenvalue weighted by Crippen LogP contribution is 2.28. The summed E-state index contributed by atoms with van der Waals surface area (Å²) in [6, 6.07) is 24.1. The lowest BCUT2D eigenvalue weighted by atomic mass is 10.0. The quantitative estimate of drug-likeness (QED) is 0.392. The van der Waals surface area contributed by atoms with E-state index in [0.29, 0.717) is 22.6 Å². The number of fused-ring (bicyclic) bond motifs is 1. The Bertz CT molecular complexity index is 1330. The van der Waals surface area contributed by atoms with Crippen LogP contribution in [0, 0.1) is 0 Å². The summed E-state index contributed by atoms with van der Waals surface area (Å²) in [5.74, 6) is 0.314. The van der Waals surface area contributed by atoms with Crippen LogP contribution in [0.5, 0.6) is 5.75 Å². The molecule has 2 N–H and O–H groups in total. The van der Waals surface area contributed by atoms with Gasteiger partial charge in [-0.3, -0.25) is 9.59 Å². The van der Waals surface area contributed by atoms with Crippen molar-refractivity contribution < 1.29 is 14.3 Å². The predicted molar refractivity (Wildman–Crippen MR) is 132 cm³/mol. The van der Waals surface area contributed by atoms with Crippen molar-refractivity contribution >= 4 is 34.1 Å². The summed E-state index contributed by atoms with van der Waals surface area (Å²) in [4.78, 5) is 29.4. The molecule has 0 bridgehead atoms. The van der Waals surface area contributed by atoms with Gasteiger partial charge >= 0.3 is 0 Å². The Kier molecular flexibility index (Phi) is 6.36. The molecule has 0 atom stereocenters. The summed E-state index contributed by atoms with van der Waals surface area (Å²) in [5, 5.41) is 6.42. The fourth-order valence-corrected chi connectivity index (χ4v) is 3.59. The first-order valence-corrected chi connectivity index (χ1v) is 10.7. The third-order valence-electron chi connectivity index (χ3n) is 4.90. The second-order valence-corrected chi connectivity index (χ2v) is 7.98. The highest BCUT2D eigenvalue weighted by atomic mass is 16.5. The average Bonchev–Trinajstić information content (AvgIpc) is 2.78. The zero-order valence-corrected chi connectivity index (χ0v) is 18.8. The minimum Gasteiger partial charge on any atom is -0.491 e. The molecule has 0 aliphatic rings. The van der Waals surface area contributed by atoms with E-state index in [1.807, 2.05) is 62.4 Å². The van der Waals surface area contributed by atoms with Gasteiger partial charge in [0.2, 0.25) is 5.91 Å². The van der Waals surface area contributed by atoms with Crippen molar-refractivity contribution in [3.8, 4) is 17.0 Å². The van der Waals surface area contributed by atoms with Crippen molar-refractivity contribution in [2.45, 2.75) is 26.9 Å². The SMILES string of the molecule is CC(=O)Nc1cccc(NC(=O)c2cc(-c3cccc(OC(C)C)c3)nc3ccccc23)c1. The number of ether oxygens (including phenoxy) is 1. The standard InChI is InChI=1S/C27H25N3O3/c1-17(2)33-22-11-6-8-19(14-22)26-16-24(23-12-4-5-13-25(23)30-26)27(32)29-21-10-7-9-20(15-21)28-18(3)31/h4-17H,1-3H3,(H,28,31)(H,29,32). The van der Waals surface area contributed by atoms with Crippen LogP contribution >= 0.6 is 0 Å². The first-order valence-electron chi connectivity index (χ1n) is 10.7. The van der Waals surface area contributed by atoms with E-state index in [1.54, 1.807) is 30.3 Å². The molecule has 0 aliphatic heterocycles. The van der Waals surface area contributed by atoms with Gasteiger partial charge in [0.15, 0.2) is 0 Å². The number of aromatic nitrogens is 1. The molecule has 0 aliphatic carbocycles. The number of para-hydroxylation sites is 1. The van der Waals surface area contributed by atoms with Gasteiger partial charge in [-0.25, -0.2) is 4.98 Å². The number of nitrogens with zero attached hydrogens (tertiary/aromatic N) is 1. The summed E-state index contributed by atoms with van der Waals surface area (Å²) in [6.07, 6.45) is 0.0550. The van der Waals surface area contributed by atoms with Gasteiger partial charge in [0.05, 0.1) is 22.9 Å². The summed E-state index contributed by atoms with van der Waals surface area (Å²) in [7, 11) is 0. The Morgan fingerprint density at radius 2 is 1.58 bits per heavy atom. The van der Waals surface area contributed by atoms with Gasteiger partial charge in [0, 0.05) is 29.2 Å². The monoisotopic (exact) mass is 439 g/mol. The normalized spacial score (nSPS) is 10.8. The second kappa shape index (κ2) is 9.53. The van der Waals surface area contributed by atoms with Crippen molar-refractivity contribution in [3.05, 3.63) is 84.4 Å². The molecule has 4 aromatic rings. The Morgan fingerprint density at radius 1 is 0.848 bits per heavy atom. The first-order chi connectivity index (χ1) is 15.9. The number of hydrogen-bond acceptors (Lipinski definition) is 4. The van der Waals surface area contributed by atoms with E-state index in [0.717, 1.165) is 22.2 Å². The first kappa shape index (κ1) is 22.0. The number of rotatable bonds is 6. The molecule has 0 saturated carbocycles. The Balaban J connectivity index is 1.72. The van der Waals surface area contributed by atoms with Gasteiger partial charge in [0.1, 0.15) is 5.75 Å². The smallest absolute Gasteiger partial charge is 0.256 e. The maximum atomic E-state index is 13.3. The Morgan fingerprint density at radius 3 is 2.33 bits per heavy atom. The third-order valence-corrected chi connectivity index (χ3v) is 4.90. The Labute approximate surface area is 192 Å². The van der Waals surface area contributed by atoms with Gasteiger partial charge in [-0.2, -0.15) is 0 Å². The molecule has 6 heteroatoms. The molecule has 0 radical (unpaired) electrons. The molecule has 0 spiro atoms. The van der Waals surface area contributed by atoms with Crippen LogP contribution in [0.1, 0.15) is 31.1 Å². The van der Waals surface area contributed by atoms with Crippen LogP contribution < -0.4 is 15.4 Å². The van der Waals surface area contributed by atoms with Crippen LogP contribution in [0.15, 0.2) is 78.9 Å². The third kappa shape index (κ3) is 5.36. The van der Waals surface area contributed by atoms with Crippen molar-refractivity contribution in [1.82, 2.24) is 4.98 Å². The van der Waals surface area contributed by atoms with Crippen LogP contribution in [-0.4, -0.2) is 22.9 Å². The predicted octanol–water partition coefficient (Wildman–Crippen LogP) is 5.90. The molecule has 166 valence electrons. The van der Waals surface area contributed by atoms with E-state index in [9.17, 15) is 9.59 Å². The number of carbonyl (C=O) groups excluding carboxylic acids is 2. The molecule has 6 nitrogen and oxygen atoms in total.